The summed E-state index contributed by atoms with van der Waals surface area (Å²) in [5.41, 5.74) is 0.793. The summed E-state index contributed by atoms with van der Waals surface area (Å²) in [6, 6.07) is 12.3. The number of ether oxygens (including phenoxy) is 1. The summed E-state index contributed by atoms with van der Waals surface area (Å²) in [5.74, 6) is -2.71. The number of rotatable bonds is 5. The number of likely N-dealkylation sites (N-methyl/N-ethyl adjacent to an activating group) is 1. The standard InChI is InChI=1S/C19H19N3O4/c1-3-22(12-20)18(24)16(21-17(23)19(25)26-2)11-13-8-9-14-6-4-5-7-15(14)10-13/h4-10,16H,3,11H2,1-2H3,(H,21,23). The summed E-state index contributed by atoms with van der Waals surface area (Å²) in [7, 11) is 1.08. The summed E-state index contributed by atoms with van der Waals surface area (Å²) in [6.07, 6.45) is 1.92. The number of amides is 2. The van der Waals surface area contributed by atoms with Gasteiger partial charge in [0.1, 0.15) is 6.04 Å². The van der Waals surface area contributed by atoms with Gasteiger partial charge in [-0.05, 0) is 23.3 Å². The van der Waals surface area contributed by atoms with E-state index < -0.39 is 23.8 Å². The molecule has 134 valence electrons. The van der Waals surface area contributed by atoms with Crippen molar-refractivity contribution in [2.45, 2.75) is 19.4 Å². The first-order valence-electron chi connectivity index (χ1n) is 8.07. The molecule has 2 aromatic rings. The number of carbonyl (C=O) groups excluding carboxylic acids is 3. The number of hydrogen-bond acceptors (Lipinski definition) is 5. The molecule has 0 saturated heterocycles. The monoisotopic (exact) mass is 353 g/mol. The van der Waals surface area contributed by atoms with Crippen molar-refractivity contribution in [3.63, 3.8) is 0 Å². The van der Waals surface area contributed by atoms with Crippen molar-refractivity contribution in [2.75, 3.05) is 13.7 Å². The van der Waals surface area contributed by atoms with Crippen LogP contribution in [-0.2, 0) is 25.5 Å². The fourth-order valence-electron chi connectivity index (χ4n) is 2.58. The maximum Gasteiger partial charge on any atom is 0.396 e. The molecular weight excluding hydrogens is 334 g/mol. The van der Waals surface area contributed by atoms with Crippen molar-refractivity contribution in [1.29, 1.82) is 5.26 Å². The van der Waals surface area contributed by atoms with Gasteiger partial charge < -0.3 is 10.1 Å². The van der Waals surface area contributed by atoms with Gasteiger partial charge in [-0.2, -0.15) is 5.26 Å². The zero-order chi connectivity index (χ0) is 19.1. The highest BCUT2D eigenvalue weighted by Gasteiger charge is 2.28. The third-order valence-corrected chi connectivity index (χ3v) is 3.93. The second kappa shape index (κ2) is 8.62. The fraction of sp³-hybridized carbons (Fsp3) is 0.263. The lowest BCUT2D eigenvalue weighted by molar-refractivity contribution is -0.153. The second-order valence-electron chi connectivity index (χ2n) is 5.59. The lowest BCUT2D eigenvalue weighted by Gasteiger charge is -2.21. The molecule has 7 heteroatoms. The van der Waals surface area contributed by atoms with E-state index in [1.807, 2.05) is 42.5 Å². The fourth-order valence-corrected chi connectivity index (χ4v) is 2.58. The largest absolute Gasteiger partial charge is 0.462 e. The van der Waals surface area contributed by atoms with Crippen molar-refractivity contribution in [3.8, 4) is 6.19 Å². The van der Waals surface area contributed by atoms with Gasteiger partial charge in [-0.25, -0.2) is 9.69 Å². The molecule has 2 amide bonds. The summed E-state index contributed by atoms with van der Waals surface area (Å²) in [5, 5.41) is 13.5. The number of fused-ring (bicyclic) bond motifs is 1. The van der Waals surface area contributed by atoms with Crippen molar-refractivity contribution in [3.05, 3.63) is 48.0 Å². The molecule has 2 aromatic carbocycles. The van der Waals surface area contributed by atoms with Crippen LogP contribution in [0.4, 0.5) is 0 Å². The molecule has 1 unspecified atom stereocenters. The number of hydrogen-bond donors (Lipinski definition) is 1. The van der Waals surface area contributed by atoms with E-state index in [0.717, 1.165) is 28.3 Å². The van der Waals surface area contributed by atoms with E-state index in [2.05, 4.69) is 10.1 Å². The minimum Gasteiger partial charge on any atom is -0.462 e. The summed E-state index contributed by atoms with van der Waals surface area (Å²) in [4.78, 5) is 36.7. The normalized spacial score (nSPS) is 11.3. The van der Waals surface area contributed by atoms with Gasteiger partial charge in [0.15, 0.2) is 6.19 Å². The van der Waals surface area contributed by atoms with Gasteiger partial charge >= 0.3 is 11.9 Å². The molecule has 1 atom stereocenters. The van der Waals surface area contributed by atoms with Crippen LogP contribution in [-0.4, -0.2) is 42.4 Å². The number of methoxy groups -OCH3 is 1. The van der Waals surface area contributed by atoms with Gasteiger partial charge in [-0.1, -0.05) is 42.5 Å². The van der Waals surface area contributed by atoms with Gasteiger partial charge in [-0.3, -0.25) is 9.59 Å². The molecule has 7 nitrogen and oxygen atoms in total. The molecule has 0 heterocycles. The highest BCUT2D eigenvalue weighted by molar-refractivity contribution is 6.32. The molecule has 0 aliphatic rings. The average molecular weight is 353 g/mol. The van der Waals surface area contributed by atoms with Crippen molar-refractivity contribution < 1.29 is 19.1 Å². The topological polar surface area (TPSA) is 99.5 Å². The zero-order valence-electron chi connectivity index (χ0n) is 14.6. The Kier molecular flexibility index (Phi) is 6.28. The average Bonchev–Trinajstić information content (AvgIpc) is 2.67. The Balaban J connectivity index is 2.29. The number of esters is 1. The van der Waals surface area contributed by atoms with Crippen LogP contribution in [0.15, 0.2) is 42.5 Å². The molecule has 1 N–H and O–H groups in total. The zero-order valence-corrected chi connectivity index (χ0v) is 14.6. The molecule has 0 aromatic heterocycles. The van der Waals surface area contributed by atoms with Gasteiger partial charge in [0.05, 0.1) is 7.11 Å². The first-order chi connectivity index (χ1) is 12.5. The molecule has 26 heavy (non-hydrogen) atoms. The van der Waals surface area contributed by atoms with Crippen LogP contribution in [0.5, 0.6) is 0 Å². The van der Waals surface area contributed by atoms with Crippen LogP contribution in [0.3, 0.4) is 0 Å². The van der Waals surface area contributed by atoms with E-state index >= 15 is 0 Å². The Morgan fingerprint density at radius 2 is 1.88 bits per heavy atom. The van der Waals surface area contributed by atoms with Crippen LogP contribution in [0.25, 0.3) is 10.8 Å². The number of nitrogens with zero attached hydrogens (tertiary/aromatic N) is 2. The summed E-state index contributed by atoms with van der Waals surface area (Å²) >= 11 is 0. The number of nitriles is 1. The van der Waals surface area contributed by atoms with Crippen LogP contribution in [0.2, 0.25) is 0 Å². The smallest absolute Gasteiger partial charge is 0.396 e. The van der Waals surface area contributed by atoms with Gasteiger partial charge in [0.2, 0.25) is 0 Å². The van der Waals surface area contributed by atoms with Crippen LogP contribution >= 0.6 is 0 Å². The summed E-state index contributed by atoms with van der Waals surface area (Å²) in [6.45, 7) is 1.81. The SMILES string of the molecule is CCN(C#N)C(=O)C(Cc1ccc2ccccc2c1)NC(=O)C(=O)OC. The molecule has 0 bridgehead atoms. The Hall–Kier alpha value is -3.40. The Morgan fingerprint density at radius 3 is 2.50 bits per heavy atom. The van der Waals surface area contributed by atoms with Crippen molar-refractivity contribution >= 4 is 28.6 Å². The molecule has 0 aliphatic heterocycles. The number of nitrogens with one attached hydrogen (secondary N) is 1. The third kappa shape index (κ3) is 4.36. The quantitative estimate of drug-likeness (QED) is 0.379. The first kappa shape index (κ1) is 18.9. The highest BCUT2D eigenvalue weighted by atomic mass is 16.5. The molecule has 2 rings (SSSR count). The molecular formula is C19H19N3O4. The van der Waals surface area contributed by atoms with E-state index in [-0.39, 0.29) is 13.0 Å². The van der Waals surface area contributed by atoms with E-state index in [9.17, 15) is 14.4 Å². The van der Waals surface area contributed by atoms with E-state index in [1.165, 1.54) is 0 Å². The Morgan fingerprint density at radius 1 is 1.19 bits per heavy atom. The van der Waals surface area contributed by atoms with Crippen molar-refractivity contribution in [2.24, 2.45) is 0 Å². The minimum atomic E-state index is -1.10. The molecule has 0 fully saturated rings. The van der Waals surface area contributed by atoms with Gasteiger partial charge in [0, 0.05) is 13.0 Å². The molecule has 0 spiro atoms. The predicted molar refractivity (Wildman–Crippen MR) is 94.6 cm³/mol. The number of carbonyl (C=O) groups is 3. The maximum atomic E-state index is 12.6. The first-order valence-corrected chi connectivity index (χ1v) is 8.07. The minimum absolute atomic E-state index is 0.143. The van der Waals surface area contributed by atoms with E-state index in [1.54, 1.807) is 13.1 Å². The third-order valence-electron chi connectivity index (χ3n) is 3.93. The number of benzene rings is 2. The predicted octanol–water partition coefficient (Wildman–Crippen LogP) is 1.37. The Labute approximate surface area is 151 Å². The molecule has 0 radical (unpaired) electrons. The van der Waals surface area contributed by atoms with Crippen LogP contribution in [0, 0.1) is 11.5 Å². The molecule has 0 saturated carbocycles. The van der Waals surface area contributed by atoms with Crippen LogP contribution < -0.4 is 5.32 Å². The highest BCUT2D eigenvalue weighted by Crippen LogP contribution is 2.17. The van der Waals surface area contributed by atoms with Crippen LogP contribution in [0.1, 0.15) is 12.5 Å². The van der Waals surface area contributed by atoms with E-state index in [0.29, 0.717) is 0 Å². The molecule has 0 aliphatic carbocycles. The summed E-state index contributed by atoms with van der Waals surface area (Å²) < 4.78 is 4.37. The van der Waals surface area contributed by atoms with Crippen molar-refractivity contribution in [1.82, 2.24) is 10.2 Å². The van der Waals surface area contributed by atoms with Gasteiger partial charge in [-0.15, -0.1) is 0 Å². The Bertz CT molecular complexity index is 872. The van der Waals surface area contributed by atoms with E-state index in [4.69, 9.17) is 5.26 Å². The lowest BCUT2D eigenvalue weighted by Crippen LogP contribution is -2.50. The lowest BCUT2D eigenvalue weighted by atomic mass is 10.0. The second-order valence-corrected chi connectivity index (χ2v) is 5.59. The van der Waals surface area contributed by atoms with Gasteiger partial charge in [0.25, 0.3) is 5.91 Å². The maximum absolute atomic E-state index is 12.6.